The fourth-order valence-corrected chi connectivity index (χ4v) is 4.55. The normalized spacial score (nSPS) is 11.4. The lowest BCUT2D eigenvalue weighted by Crippen LogP contribution is -2.13. The smallest absolute Gasteiger partial charge is 0.271 e. The highest BCUT2D eigenvalue weighted by atomic mass is 79.9. The molecule has 0 aliphatic carbocycles. The molecule has 0 aliphatic rings. The first-order valence-corrected chi connectivity index (χ1v) is 8.18. The van der Waals surface area contributed by atoms with Crippen LogP contribution >= 0.6 is 27.3 Å². The number of nitrogens with two attached hydrogens (primary N) is 1. The van der Waals surface area contributed by atoms with Crippen molar-refractivity contribution >= 4 is 43.0 Å². The van der Waals surface area contributed by atoms with Crippen molar-refractivity contribution in [1.29, 1.82) is 0 Å². The number of anilines is 1. The summed E-state index contributed by atoms with van der Waals surface area (Å²) in [5.74, 6) is 0. The van der Waals surface area contributed by atoms with E-state index < -0.39 is 10.0 Å². The summed E-state index contributed by atoms with van der Waals surface area (Å²) < 4.78 is 27.8. The van der Waals surface area contributed by atoms with Gasteiger partial charge in [0.05, 0.1) is 9.47 Å². The Kier molecular flexibility index (Phi) is 4.06. The van der Waals surface area contributed by atoms with E-state index in [-0.39, 0.29) is 10.8 Å². The summed E-state index contributed by atoms with van der Waals surface area (Å²) in [4.78, 5) is 0. The molecule has 2 rings (SSSR count). The minimum Gasteiger partial charge on any atom is -0.326 e. The number of thiophene rings is 1. The summed E-state index contributed by atoms with van der Waals surface area (Å²) in [6.07, 6.45) is 0. The number of halogens is 1. The van der Waals surface area contributed by atoms with Gasteiger partial charge in [0.25, 0.3) is 10.0 Å². The number of nitrogens with one attached hydrogen (secondary N) is 1. The predicted molar refractivity (Wildman–Crippen MR) is 77.2 cm³/mol. The van der Waals surface area contributed by atoms with Gasteiger partial charge in [0, 0.05) is 6.54 Å². The number of benzene rings is 1. The molecule has 0 fully saturated rings. The predicted octanol–water partition coefficient (Wildman–Crippen LogP) is 2.77. The molecular formula is C11H11BrN2O2S2. The van der Waals surface area contributed by atoms with Crippen molar-refractivity contribution in [2.75, 3.05) is 4.72 Å². The Morgan fingerprint density at radius 3 is 2.56 bits per heavy atom. The summed E-state index contributed by atoms with van der Waals surface area (Å²) >= 11 is 4.41. The molecule has 0 radical (unpaired) electrons. The Labute approximate surface area is 118 Å². The molecule has 4 nitrogen and oxygen atoms in total. The van der Waals surface area contributed by atoms with Gasteiger partial charge < -0.3 is 5.73 Å². The molecule has 0 spiro atoms. The van der Waals surface area contributed by atoms with Crippen molar-refractivity contribution in [3.8, 4) is 0 Å². The van der Waals surface area contributed by atoms with Gasteiger partial charge >= 0.3 is 0 Å². The van der Waals surface area contributed by atoms with Crippen LogP contribution in [-0.2, 0) is 16.6 Å². The highest BCUT2D eigenvalue weighted by molar-refractivity contribution is 9.11. The van der Waals surface area contributed by atoms with E-state index in [0.717, 1.165) is 20.7 Å². The topological polar surface area (TPSA) is 72.2 Å². The molecule has 96 valence electrons. The lowest BCUT2D eigenvalue weighted by Gasteiger charge is -2.10. The van der Waals surface area contributed by atoms with Crippen LogP contribution in [0, 0.1) is 0 Å². The van der Waals surface area contributed by atoms with Crippen LogP contribution in [-0.4, -0.2) is 8.42 Å². The maximum absolute atomic E-state index is 12.1. The molecule has 0 unspecified atom stereocenters. The summed E-state index contributed by atoms with van der Waals surface area (Å²) in [5.41, 5.74) is 6.85. The third-order valence-electron chi connectivity index (χ3n) is 2.30. The van der Waals surface area contributed by atoms with Gasteiger partial charge in [0.15, 0.2) is 0 Å². The van der Waals surface area contributed by atoms with Gasteiger partial charge in [-0.1, -0.05) is 18.2 Å². The molecule has 1 heterocycles. The Balaban J connectivity index is 2.33. The van der Waals surface area contributed by atoms with E-state index in [1.807, 2.05) is 6.07 Å². The van der Waals surface area contributed by atoms with Crippen LogP contribution in [0.3, 0.4) is 0 Å². The van der Waals surface area contributed by atoms with E-state index in [0.29, 0.717) is 5.69 Å². The Morgan fingerprint density at radius 2 is 1.94 bits per heavy atom. The Bertz CT molecular complexity index is 653. The summed E-state index contributed by atoms with van der Waals surface area (Å²) in [6, 6.07) is 10.3. The Hall–Kier alpha value is -0.890. The van der Waals surface area contributed by atoms with Crippen molar-refractivity contribution < 1.29 is 8.42 Å². The molecule has 7 heteroatoms. The third-order valence-corrected chi connectivity index (χ3v) is 5.78. The van der Waals surface area contributed by atoms with E-state index in [2.05, 4.69) is 20.7 Å². The monoisotopic (exact) mass is 346 g/mol. The summed E-state index contributed by atoms with van der Waals surface area (Å²) in [5, 5.41) is 0. The fraction of sp³-hybridized carbons (Fsp3) is 0.0909. The van der Waals surface area contributed by atoms with E-state index in [1.165, 1.54) is 0 Å². The molecule has 0 aliphatic heterocycles. The molecule has 0 saturated carbocycles. The second-order valence-electron chi connectivity index (χ2n) is 3.53. The molecule has 2 aromatic rings. The van der Waals surface area contributed by atoms with Crippen molar-refractivity contribution in [1.82, 2.24) is 0 Å². The molecule has 18 heavy (non-hydrogen) atoms. The standard InChI is InChI=1S/C11H11BrN2O2S2/c12-10-5-6-11(17-10)18(15,16)14-9-4-2-1-3-8(9)7-13/h1-6,14H,7,13H2. The van der Waals surface area contributed by atoms with Gasteiger partial charge in [0.1, 0.15) is 4.21 Å². The molecule has 3 N–H and O–H groups in total. The van der Waals surface area contributed by atoms with Gasteiger partial charge in [0.2, 0.25) is 0 Å². The molecule has 1 aromatic carbocycles. The van der Waals surface area contributed by atoms with Crippen LogP contribution in [0.4, 0.5) is 5.69 Å². The van der Waals surface area contributed by atoms with Crippen molar-refractivity contribution in [3.05, 3.63) is 45.7 Å². The molecule has 0 saturated heterocycles. The van der Waals surface area contributed by atoms with Crippen molar-refractivity contribution in [2.45, 2.75) is 10.8 Å². The summed E-state index contributed by atoms with van der Waals surface area (Å²) in [6.45, 7) is 0.285. The molecular weight excluding hydrogens is 336 g/mol. The number of hydrogen-bond donors (Lipinski definition) is 2. The average Bonchev–Trinajstić information content (AvgIpc) is 2.77. The molecule has 0 atom stereocenters. The second kappa shape index (κ2) is 5.40. The highest BCUT2D eigenvalue weighted by Crippen LogP contribution is 2.28. The van der Waals surface area contributed by atoms with Gasteiger partial charge in [-0.05, 0) is 39.7 Å². The molecule has 1 aromatic heterocycles. The van der Waals surface area contributed by atoms with Gasteiger partial charge in [-0.15, -0.1) is 11.3 Å². The van der Waals surface area contributed by atoms with E-state index in [4.69, 9.17) is 5.73 Å². The SMILES string of the molecule is NCc1ccccc1NS(=O)(=O)c1ccc(Br)s1. The van der Waals surface area contributed by atoms with Gasteiger partial charge in [-0.3, -0.25) is 4.72 Å². The zero-order chi connectivity index (χ0) is 13.2. The zero-order valence-corrected chi connectivity index (χ0v) is 12.5. The highest BCUT2D eigenvalue weighted by Gasteiger charge is 2.17. The van der Waals surface area contributed by atoms with Crippen LogP contribution in [0.25, 0.3) is 0 Å². The van der Waals surface area contributed by atoms with Crippen LogP contribution in [0.1, 0.15) is 5.56 Å². The number of hydrogen-bond acceptors (Lipinski definition) is 4. The lowest BCUT2D eigenvalue weighted by molar-refractivity contribution is 0.603. The third kappa shape index (κ3) is 2.92. The van der Waals surface area contributed by atoms with Crippen LogP contribution < -0.4 is 10.5 Å². The van der Waals surface area contributed by atoms with E-state index in [9.17, 15) is 8.42 Å². The molecule has 0 bridgehead atoms. The number of rotatable bonds is 4. The molecule has 0 amide bonds. The largest absolute Gasteiger partial charge is 0.326 e. The van der Waals surface area contributed by atoms with Crippen molar-refractivity contribution in [3.63, 3.8) is 0 Å². The first kappa shape index (κ1) is 13.5. The Morgan fingerprint density at radius 1 is 1.22 bits per heavy atom. The average molecular weight is 347 g/mol. The lowest BCUT2D eigenvalue weighted by atomic mass is 10.2. The second-order valence-corrected chi connectivity index (χ2v) is 7.90. The fourth-order valence-electron chi connectivity index (χ4n) is 1.44. The van der Waals surface area contributed by atoms with E-state index in [1.54, 1.807) is 30.3 Å². The van der Waals surface area contributed by atoms with Crippen LogP contribution in [0.5, 0.6) is 0 Å². The first-order chi connectivity index (χ1) is 8.53. The maximum Gasteiger partial charge on any atom is 0.271 e. The zero-order valence-electron chi connectivity index (χ0n) is 9.26. The van der Waals surface area contributed by atoms with Crippen LogP contribution in [0.15, 0.2) is 44.4 Å². The van der Waals surface area contributed by atoms with Gasteiger partial charge in [-0.2, -0.15) is 0 Å². The minimum atomic E-state index is -3.54. The number of para-hydroxylation sites is 1. The first-order valence-electron chi connectivity index (χ1n) is 5.09. The maximum atomic E-state index is 12.1. The quantitative estimate of drug-likeness (QED) is 0.893. The van der Waals surface area contributed by atoms with Crippen molar-refractivity contribution in [2.24, 2.45) is 5.73 Å². The van der Waals surface area contributed by atoms with Gasteiger partial charge in [-0.25, -0.2) is 8.42 Å². The minimum absolute atomic E-state index is 0.265. The van der Waals surface area contributed by atoms with E-state index >= 15 is 0 Å². The number of sulfonamides is 1. The van der Waals surface area contributed by atoms with Crippen LogP contribution in [0.2, 0.25) is 0 Å². The summed E-state index contributed by atoms with van der Waals surface area (Å²) in [7, 11) is -3.54.